The first-order valence-electron chi connectivity index (χ1n) is 4.08. The summed E-state index contributed by atoms with van der Waals surface area (Å²) in [5, 5.41) is 3.21. The molecule has 0 aromatic carbocycles. The van der Waals surface area contributed by atoms with E-state index >= 15 is 0 Å². The van der Waals surface area contributed by atoms with Crippen LogP contribution in [0.15, 0.2) is 0 Å². The fraction of sp³-hybridized carbons (Fsp3) is 1.00. The maximum Gasteiger partial charge on any atom is 0.170 e. The molecule has 1 aliphatic rings. The van der Waals surface area contributed by atoms with Crippen molar-refractivity contribution in [2.75, 3.05) is 19.7 Å². The lowest BCUT2D eigenvalue weighted by molar-refractivity contribution is -0.202. The first-order chi connectivity index (χ1) is 5.08. The van der Waals surface area contributed by atoms with Gasteiger partial charge in [0.15, 0.2) is 6.29 Å². The number of rotatable bonds is 1. The van der Waals surface area contributed by atoms with Gasteiger partial charge in [-0.25, -0.2) is 0 Å². The molecule has 1 rings (SSSR count). The van der Waals surface area contributed by atoms with E-state index in [4.69, 9.17) is 9.47 Å². The fourth-order valence-corrected chi connectivity index (χ4v) is 1.01. The van der Waals surface area contributed by atoms with Crippen LogP contribution in [0.2, 0.25) is 0 Å². The van der Waals surface area contributed by atoms with Crippen molar-refractivity contribution in [1.29, 1.82) is 0 Å². The van der Waals surface area contributed by atoms with E-state index in [1.165, 1.54) is 0 Å². The molecule has 1 aliphatic heterocycles. The average Bonchev–Trinajstić information content (AvgIpc) is 1.85. The van der Waals surface area contributed by atoms with Crippen molar-refractivity contribution in [1.82, 2.24) is 5.32 Å². The molecule has 0 radical (unpaired) electrons. The third-order valence-corrected chi connectivity index (χ3v) is 1.38. The average molecular weight is 159 g/mol. The van der Waals surface area contributed by atoms with Crippen LogP contribution in [-0.2, 0) is 9.47 Å². The highest BCUT2D eigenvalue weighted by Gasteiger charge is 2.20. The molecule has 3 heteroatoms. The van der Waals surface area contributed by atoms with Gasteiger partial charge in [0.2, 0.25) is 0 Å². The summed E-state index contributed by atoms with van der Waals surface area (Å²) in [6, 6.07) is 0. The largest absolute Gasteiger partial charge is 0.350 e. The molecule has 0 spiro atoms. The fourth-order valence-electron chi connectivity index (χ4n) is 1.01. The van der Waals surface area contributed by atoms with Gasteiger partial charge in [-0.2, -0.15) is 0 Å². The lowest BCUT2D eigenvalue weighted by atomic mass is 10.2. The Hall–Kier alpha value is -0.120. The van der Waals surface area contributed by atoms with Crippen molar-refractivity contribution in [3.8, 4) is 0 Å². The summed E-state index contributed by atoms with van der Waals surface area (Å²) >= 11 is 0. The van der Waals surface area contributed by atoms with Gasteiger partial charge in [-0.3, -0.25) is 0 Å². The number of ether oxygens (including phenoxy) is 2. The van der Waals surface area contributed by atoms with E-state index < -0.39 is 0 Å². The Bertz CT molecular complexity index is 114. The summed E-state index contributed by atoms with van der Waals surface area (Å²) in [7, 11) is 0. The van der Waals surface area contributed by atoms with Gasteiger partial charge in [-0.05, 0) is 20.8 Å². The molecule has 0 bridgehead atoms. The molecule has 1 unspecified atom stereocenters. The van der Waals surface area contributed by atoms with Gasteiger partial charge >= 0.3 is 0 Å². The number of morpholine rings is 1. The second kappa shape index (κ2) is 3.52. The Morgan fingerprint density at radius 3 is 2.64 bits per heavy atom. The van der Waals surface area contributed by atoms with Crippen molar-refractivity contribution < 1.29 is 9.47 Å². The Balaban J connectivity index is 2.24. The molecule has 11 heavy (non-hydrogen) atoms. The van der Waals surface area contributed by atoms with Gasteiger partial charge in [0.1, 0.15) is 0 Å². The predicted octanol–water partition coefficient (Wildman–Crippen LogP) is 0.747. The van der Waals surface area contributed by atoms with Crippen LogP contribution >= 0.6 is 0 Å². The quantitative estimate of drug-likeness (QED) is 0.612. The van der Waals surface area contributed by atoms with Crippen LogP contribution in [0.5, 0.6) is 0 Å². The van der Waals surface area contributed by atoms with Crippen LogP contribution in [0.3, 0.4) is 0 Å². The van der Waals surface area contributed by atoms with Gasteiger partial charge < -0.3 is 14.8 Å². The smallest absolute Gasteiger partial charge is 0.170 e. The van der Waals surface area contributed by atoms with Crippen molar-refractivity contribution in [2.24, 2.45) is 0 Å². The zero-order chi connectivity index (χ0) is 8.32. The Labute approximate surface area is 68.1 Å². The van der Waals surface area contributed by atoms with Crippen LogP contribution < -0.4 is 5.32 Å². The Kier molecular flexibility index (Phi) is 2.87. The van der Waals surface area contributed by atoms with E-state index in [1.807, 2.05) is 20.8 Å². The maximum absolute atomic E-state index is 5.59. The second-order valence-electron chi connectivity index (χ2n) is 3.73. The third-order valence-electron chi connectivity index (χ3n) is 1.38. The SMILES string of the molecule is CC(C)(C)OC1CNCCO1. The summed E-state index contributed by atoms with van der Waals surface area (Å²) in [6.07, 6.45) is -0.0660. The van der Waals surface area contributed by atoms with Crippen molar-refractivity contribution in [3.63, 3.8) is 0 Å². The first-order valence-corrected chi connectivity index (χ1v) is 4.08. The highest BCUT2D eigenvalue weighted by molar-refractivity contribution is 4.65. The predicted molar refractivity (Wildman–Crippen MR) is 43.4 cm³/mol. The normalized spacial score (nSPS) is 27.0. The topological polar surface area (TPSA) is 30.5 Å². The molecular weight excluding hydrogens is 142 g/mol. The molecule has 1 N–H and O–H groups in total. The van der Waals surface area contributed by atoms with E-state index in [9.17, 15) is 0 Å². The Morgan fingerprint density at radius 1 is 1.45 bits per heavy atom. The minimum Gasteiger partial charge on any atom is -0.350 e. The number of hydrogen-bond acceptors (Lipinski definition) is 3. The summed E-state index contributed by atoms with van der Waals surface area (Å²) in [6.45, 7) is 8.59. The van der Waals surface area contributed by atoms with E-state index in [1.54, 1.807) is 0 Å². The van der Waals surface area contributed by atoms with Crippen LogP contribution in [0, 0.1) is 0 Å². The maximum atomic E-state index is 5.59. The van der Waals surface area contributed by atoms with E-state index in [2.05, 4.69) is 5.32 Å². The van der Waals surface area contributed by atoms with Crippen LogP contribution in [0.4, 0.5) is 0 Å². The molecule has 1 atom stereocenters. The number of nitrogens with one attached hydrogen (secondary N) is 1. The lowest BCUT2D eigenvalue weighted by Gasteiger charge is -2.30. The van der Waals surface area contributed by atoms with Gasteiger partial charge in [0, 0.05) is 13.1 Å². The summed E-state index contributed by atoms with van der Waals surface area (Å²) < 4.78 is 11.0. The zero-order valence-corrected chi connectivity index (χ0v) is 7.52. The highest BCUT2D eigenvalue weighted by atomic mass is 16.7. The zero-order valence-electron chi connectivity index (χ0n) is 7.52. The molecule has 1 fully saturated rings. The van der Waals surface area contributed by atoms with Gasteiger partial charge in [-0.1, -0.05) is 0 Å². The molecular formula is C8H17NO2. The third kappa shape index (κ3) is 3.70. The van der Waals surface area contributed by atoms with Gasteiger partial charge in [0.25, 0.3) is 0 Å². The molecule has 66 valence electrons. The summed E-state index contributed by atoms with van der Waals surface area (Å²) in [4.78, 5) is 0. The second-order valence-corrected chi connectivity index (χ2v) is 3.73. The molecule has 1 saturated heterocycles. The van der Waals surface area contributed by atoms with E-state index in [0.29, 0.717) is 0 Å². The minimum atomic E-state index is -0.107. The van der Waals surface area contributed by atoms with Crippen molar-refractivity contribution in [3.05, 3.63) is 0 Å². The molecule has 0 aromatic heterocycles. The van der Waals surface area contributed by atoms with Crippen LogP contribution in [0.1, 0.15) is 20.8 Å². The molecule has 0 aliphatic carbocycles. The number of hydrogen-bond donors (Lipinski definition) is 1. The minimum absolute atomic E-state index is 0.0660. The van der Waals surface area contributed by atoms with Gasteiger partial charge in [-0.15, -0.1) is 0 Å². The molecule has 0 aromatic rings. The molecule has 1 heterocycles. The van der Waals surface area contributed by atoms with E-state index in [0.717, 1.165) is 19.7 Å². The molecule has 0 saturated carbocycles. The van der Waals surface area contributed by atoms with Crippen LogP contribution in [0.25, 0.3) is 0 Å². The summed E-state index contributed by atoms with van der Waals surface area (Å²) in [5.41, 5.74) is -0.107. The standard InChI is InChI=1S/C8H17NO2/c1-8(2,3)11-7-6-9-4-5-10-7/h7,9H,4-6H2,1-3H3. The Morgan fingerprint density at radius 2 is 2.18 bits per heavy atom. The molecule has 3 nitrogen and oxygen atoms in total. The van der Waals surface area contributed by atoms with Crippen molar-refractivity contribution >= 4 is 0 Å². The van der Waals surface area contributed by atoms with Crippen molar-refractivity contribution in [2.45, 2.75) is 32.7 Å². The lowest BCUT2D eigenvalue weighted by Crippen LogP contribution is -2.43. The van der Waals surface area contributed by atoms with E-state index in [-0.39, 0.29) is 11.9 Å². The van der Waals surface area contributed by atoms with Crippen LogP contribution in [-0.4, -0.2) is 31.6 Å². The first kappa shape index (κ1) is 8.97. The van der Waals surface area contributed by atoms with Gasteiger partial charge in [0.05, 0.1) is 12.2 Å². The summed E-state index contributed by atoms with van der Waals surface area (Å²) in [5.74, 6) is 0. The molecule has 0 amide bonds. The monoisotopic (exact) mass is 159 g/mol. The highest BCUT2D eigenvalue weighted by Crippen LogP contribution is 2.12.